The number of imidazole rings is 1. The average molecular weight is 377 g/mol. The van der Waals surface area contributed by atoms with E-state index < -0.39 is 0 Å². The van der Waals surface area contributed by atoms with Gasteiger partial charge in [-0.3, -0.25) is 4.79 Å². The molecule has 1 N–H and O–H groups in total. The van der Waals surface area contributed by atoms with Crippen molar-refractivity contribution in [2.75, 3.05) is 26.8 Å². The summed E-state index contributed by atoms with van der Waals surface area (Å²) in [6.45, 7) is 1.73. The zero-order valence-corrected chi connectivity index (χ0v) is 15.8. The predicted molar refractivity (Wildman–Crippen MR) is 106 cm³/mol. The van der Waals surface area contributed by atoms with E-state index in [4.69, 9.17) is 9.47 Å². The van der Waals surface area contributed by atoms with Gasteiger partial charge in [-0.15, -0.1) is 0 Å². The highest BCUT2D eigenvalue weighted by Gasteiger charge is 2.25. The summed E-state index contributed by atoms with van der Waals surface area (Å²) in [5, 5.41) is 0. The fourth-order valence-corrected chi connectivity index (χ4v) is 3.46. The van der Waals surface area contributed by atoms with E-state index in [9.17, 15) is 4.79 Å². The van der Waals surface area contributed by atoms with Crippen molar-refractivity contribution in [3.05, 3.63) is 72.1 Å². The summed E-state index contributed by atoms with van der Waals surface area (Å²) < 4.78 is 11.1. The zero-order valence-electron chi connectivity index (χ0n) is 15.8. The number of carbonyl (C=O) groups excluding carboxylic acids is 1. The number of ether oxygens (including phenoxy) is 2. The van der Waals surface area contributed by atoms with Gasteiger partial charge in [-0.25, -0.2) is 4.98 Å². The summed E-state index contributed by atoms with van der Waals surface area (Å²) in [5.74, 6) is 1.62. The van der Waals surface area contributed by atoms with Crippen LogP contribution in [0.4, 0.5) is 0 Å². The fourth-order valence-electron chi connectivity index (χ4n) is 3.46. The van der Waals surface area contributed by atoms with Crippen LogP contribution < -0.4 is 4.74 Å². The van der Waals surface area contributed by atoms with E-state index in [1.807, 2.05) is 53.4 Å². The quantitative estimate of drug-likeness (QED) is 0.742. The van der Waals surface area contributed by atoms with Gasteiger partial charge in [0.1, 0.15) is 11.6 Å². The maximum Gasteiger partial charge on any atom is 0.254 e. The topological polar surface area (TPSA) is 67.5 Å². The van der Waals surface area contributed by atoms with E-state index in [-0.39, 0.29) is 12.0 Å². The summed E-state index contributed by atoms with van der Waals surface area (Å²) in [5.41, 5.74) is 2.73. The molecule has 4 rings (SSSR count). The first-order chi connectivity index (χ1) is 13.7. The van der Waals surface area contributed by atoms with Gasteiger partial charge in [-0.2, -0.15) is 0 Å². The molecule has 0 bridgehead atoms. The molecule has 1 saturated heterocycles. The van der Waals surface area contributed by atoms with Crippen molar-refractivity contribution in [1.82, 2.24) is 14.9 Å². The summed E-state index contributed by atoms with van der Waals surface area (Å²) in [6.07, 6.45) is 4.23. The minimum Gasteiger partial charge on any atom is -0.497 e. The van der Waals surface area contributed by atoms with E-state index in [1.165, 1.54) is 5.56 Å². The molecule has 1 fully saturated rings. The number of benzene rings is 2. The zero-order chi connectivity index (χ0) is 19.3. The first kappa shape index (κ1) is 18.3. The maximum absolute atomic E-state index is 13.0. The van der Waals surface area contributed by atoms with Gasteiger partial charge in [-0.1, -0.05) is 24.3 Å². The predicted octanol–water partition coefficient (Wildman–Crippen LogP) is 3.17. The fraction of sp³-hybridized carbons (Fsp3) is 0.273. The van der Waals surface area contributed by atoms with Gasteiger partial charge < -0.3 is 19.4 Å². The van der Waals surface area contributed by atoms with Crippen molar-refractivity contribution in [2.45, 2.75) is 12.5 Å². The van der Waals surface area contributed by atoms with Crippen LogP contribution in [0.15, 0.2) is 60.9 Å². The van der Waals surface area contributed by atoms with Crippen LogP contribution in [0.5, 0.6) is 5.75 Å². The third-order valence-electron chi connectivity index (χ3n) is 4.93. The number of morpholine rings is 1. The average Bonchev–Trinajstić information content (AvgIpc) is 3.29. The molecule has 0 unspecified atom stereocenters. The van der Waals surface area contributed by atoms with Crippen LogP contribution in [-0.4, -0.2) is 53.7 Å². The van der Waals surface area contributed by atoms with Gasteiger partial charge in [0.2, 0.25) is 0 Å². The molecule has 0 aliphatic carbocycles. The largest absolute Gasteiger partial charge is 0.497 e. The summed E-state index contributed by atoms with van der Waals surface area (Å²) in [6, 6.07) is 15.5. The Hall–Kier alpha value is -3.12. The summed E-state index contributed by atoms with van der Waals surface area (Å²) >= 11 is 0. The molecular weight excluding hydrogens is 354 g/mol. The van der Waals surface area contributed by atoms with E-state index in [1.54, 1.807) is 19.5 Å². The second kappa shape index (κ2) is 8.27. The van der Waals surface area contributed by atoms with Crippen LogP contribution in [-0.2, 0) is 11.2 Å². The number of H-pyrrole nitrogens is 1. The molecular formula is C22H23N3O3. The second-order valence-electron chi connectivity index (χ2n) is 6.81. The van der Waals surface area contributed by atoms with Crippen LogP contribution in [0, 0.1) is 0 Å². The number of amides is 1. The van der Waals surface area contributed by atoms with E-state index in [0.717, 1.165) is 23.6 Å². The van der Waals surface area contributed by atoms with Crippen molar-refractivity contribution in [3.8, 4) is 17.1 Å². The second-order valence-corrected chi connectivity index (χ2v) is 6.81. The normalized spacial score (nSPS) is 16.8. The Kier molecular flexibility index (Phi) is 5.39. The van der Waals surface area contributed by atoms with Gasteiger partial charge in [0.05, 0.1) is 19.8 Å². The Balaban J connectivity index is 1.44. The van der Waals surface area contributed by atoms with E-state index >= 15 is 0 Å². The molecule has 28 heavy (non-hydrogen) atoms. The van der Waals surface area contributed by atoms with Gasteiger partial charge in [-0.05, 0) is 29.8 Å². The molecule has 0 spiro atoms. The Labute approximate surface area is 164 Å². The molecule has 2 heterocycles. The molecule has 6 heteroatoms. The summed E-state index contributed by atoms with van der Waals surface area (Å²) in [7, 11) is 1.66. The number of nitrogens with one attached hydrogen (secondary N) is 1. The lowest BCUT2D eigenvalue weighted by Crippen LogP contribution is -2.46. The Bertz CT molecular complexity index is 922. The van der Waals surface area contributed by atoms with Gasteiger partial charge in [0.25, 0.3) is 5.91 Å². The minimum absolute atomic E-state index is 0.0145. The molecule has 1 aliphatic heterocycles. The molecule has 144 valence electrons. The Morgan fingerprint density at radius 1 is 1.29 bits per heavy atom. The molecule has 3 aromatic rings. The molecule has 1 aromatic heterocycles. The van der Waals surface area contributed by atoms with Crippen molar-refractivity contribution in [2.24, 2.45) is 0 Å². The number of rotatable bonds is 5. The molecule has 0 radical (unpaired) electrons. The molecule has 1 aliphatic rings. The number of hydrogen-bond acceptors (Lipinski definition) is 4. The van der Waals surface area contributed by atoms with Crippen LogP contribution >= 0.6 is 0 Å². The highest BCUT2D eigenvalue weighted by Crippen LogP contribution is 2.20. The number of carbonyl (C=O) groups is 1. The highest BCUT2D eigenvalue weighted by atomic mass is 16.5. The maximum atomic E-state index is 13.0. The number of methoxy groups -OCH3 is 1. The van der Waals surface area contributed by atoms with Gasteiger partial charge in [0.15, 0.2) is 0 Å². The van der Waals surface area contributed by atoms with Crippen molar-refractivity contribution < 1.29 is 14.3 Å². The first-order valence-corrected chi connectivity index (χ1v) is 9.36. The minimum atomic E-state index is -0.0145. The number of hydrogen-bond donors (Lipinski definition) is 1. The number of aromatic nitrogens is 2. The van der Waals surface area contributed by atoms with Crippen molar-refractivity contribution in [1.29, 1.82) is 0 Å². The lowest BCUT2D eigenvalue weighted by Gasteiger charge is -2.33. The standard InChI is InChI=1S/C22H23N3O3/c1-27-19-7-5-16(6-8-19)13-20-15-25(11-12-28-20)22(26)18-4-2-3-17(14-18)21-23-9-10-24-21/h2-10,14,20H,11-13,15H2,1H3,(H,23,24)/t20-/m1/s1. The van der Waals surface area contributed by atoms with Crippen molar-refractivity contribution in [3.63, 3.8) is 0 Å². The molecule has 6 nitrogen and oxygen atoms in total. The van der Waals surface area contributed by atoms with Crippen LogP contribution in [0.1, 0.15) is 15.9 Å². The van der Waals surface area contributed by atoms with E-state index in [2.05, 4.69) is 9.97 Å². The smallest absolute Gasteiger partial charge is 0.254 e. The lowest BCUT2D eigenvalue weighted by atomic mass is 10.0. The Morgan fingerprint density at radius 3 is 2.89 bits per heavy atom. The molecule has 1 amide bonds. The van der Waals surface area contributed by atoms with Crippen molar-refractivity contribution >= 4 is 5.91 Å². The molecule has 2 aromatic carbocycles. The van der Waals surface area contributed by atoms with E-state index in [0.29, 0.717) is 25.3 Å². The van der Waals surface area contributed by atoms with Crippen LogP contribution in [0.2, 0.25) is 0 Å². The molecule has 0 saturated carbocycles. The highest BCUT2D eigenvalue weighted by molar-refractivity contribution is 5.95. The van der Waals surface area contributed by atoms with Crippen LogP contribution in [0.25, 0.3) is 11.4 Å². The van der Waals surface area contributed by atoms with Crippen LogP contribution in [0.3, 0.4) is 0 Å². The Morgan fingerprint density at radius 2 is 2.14 bits per heavy atom. The third-order valence-corrected chi connectivity index (χ3v) is 4.93. The van der Waals surface area contributed by atoms with Gasteiger partial charge in [0, 0.05) is 43.0 Å². The summed E-state index contributed by atoms with van der Waals surface area (Å²) in [4.78, 5) is 22.2. The first-order valence-electron chi connectivity index (χ1n) is 9.36. The third kappa shape index (κ3) is 4.07. The molecule has 1 atom stereocenters. The number of nitrogens with zero attached hydrogens (tertiary/aromatic N) is 2. The number of aromatic amines is 1. The lowest BCUT2D eigenvalue weighted by molar-refractivity contribution is -0.0208. The SMILES string of the molecule is COc1ccc(C[C@@H]2CN(C(=O)c3cccc(-c4ncc[nH]4)c3)CCO2)cc1. The van der Waals surface area contributed by atoms with Gasteiger partial charge >= 0.3 is 0 Å². The monoisotopic (exact) mass is 377 g/mol.